The van der Waals surface area contributed by atoms with E-state index in [1.807, 2.05) is 0 Å². The van der Waals surface area contributed by atoms with Crippen molar-refractivity contribution in [3.05, 3.63) is 0 Å². The lowest BCUT2D eigenvalue weighted by molar-refractivity contribution is 0.0352. The first-order valence-corrected chi connectivity index (χ1v) is 5.98. The molecule has 0 aromatic carbocycles. The molecule has 1 aliphatic rings. The van der Waals surface area contributed by atoms with Crippen LogP contribution in [0.15, 0.2) is 0 Å². The van der Waals surface area contributed by atoms with Crippen LogP contribution in [0, 0.1) is 5.41 Å². The molecule has 0 spiro atoms. The predicted octanol–water partition coefficient (Wildman–Crippen LogP) is 3.37. The molecule has 0 aliphatic carbocycles. The molecular weight excluding hydrogens is 216 g/mol. The Kier molecular flexibility index (Phi) is 3.59. The first-order valence-electron chi connectivity index (χ1n) is 4.86. The zero-order chi connectivity index (χ0) is 9.19. The van der Waals surface area contributed by atoms with E-state index in [4.69, 9.17) is 4.74 Å². The highest BCUT2D eigenvalue weighted by atomic mass is 79.9. The van der Waals surface area contributed by atoms with E-state index >= 15 is 0 Å². The Morgan fingerprint density at radius 3 is 2.50 bits per heavy atom. The molecule has 1 saturated heterocycles. The molecular formula is C10H19BrO. The van der Waals surface area contributed by atoms with Gasteiger partial charge in [-0.25, -0.2) is 0 Å². The summed E-state index contributed by atoms with van der Waals surface area (Å²) in [5.41, 5.74) is 0.411. The van der Waals surface area contributed by atoms with Crippen LogP contribution in [0.3, 0.4) is 0 Å². The molecule has 0 aromatic heterocycles. The molecule has 72 valence electrons. The van der Waals surface area contributed by atoms with Crippen molar-refractivity contribution in [2.24, 2.45) is 5.41 Å². The maximum absolute atomic E-state index is 5.79. The summed E-state index contributed by atoms with van der Waals surface area (Å²) < 4.78 is 5.79. The summed E-state index contributed by atoms with van der Waals surface area (Å²) in [4.78, 5) is 0. The molecule has 1 fully saturated rings. The van der Waals surface area contributed by atoms with Gasteiger partial charge in [-0.05, 0) is 26.7 Å². The molecule has 1 heterocycles. The highest BCUT2D eigenvalue weighted by Gasteiger charge is 2.42. The Morgan fingerprint density at radius 2 is 2.17 bits per heavy atom. The summed E-state index contributed by atoms with van der Waals surface area (Å²) in [5, 5.41) is 1.08. The van der Waals surface area contributed by atoms with Gasteiger partial charge in [-0.15, -0.1) is 0 Å². The standard InChI is InChI=1S/C10H19BrO/c1-4-5-10(7-11)6-8(2)12-9(10)3/h8-9H,4-7H2,1-3H3. The Labute approximate surface area is 84.0 Å². The Balaban J connectivity index is 2.65. The third-order valence-corrected chi connectivity index (χ3v) is 4.12. The first kappa shape index (κ1) is 10.5. The lowest BCUT2D eigenvalue weighted by Gasteiger charge is -2.29. The van der Waals surface area contributed by atoms with Crippen LogP contribution in [0.4, 0.5) is 0 Å². The average molecular weight is 235 g/mol. The number of rotatable bonds is 3. The predicted molar refractivity (Wildman–Crippen MR) is 55.8 cm³/mol. The van der Waals surface area contributed by atoms with E-state index in [2.05, 4.69) is 36.7 Å². The molecule has 0 saturated carbocycles. The van der Waals surface area contributed by atoms with Crippen molar-refractivity contribution < 1.29 is 4.74 Å². The molecule has 0 N–H and O–H groups in total. The molecule has 0 bridgehead atoms. The molecule has 0 radical (unpaired) electrons. The lowest BCUT2D eigenvalue weighted by Crippen LogP contribution is -2.30. The van der Waals surface area contributed by atoms with Crippen LogP contribution >= 0.6 is 15.9 Å². The van der Waals surface area contributed by atoms with Gasteiger partial charge < -0.3 is 4.74 Å². The monoisotopic (exact) mass is 234 g/mol. The van der Waals surface area contributed by atoms with Crippen LogP contribution in [-0.4, -0.2) is 17.5 Å². The van der Waals surface area contributed by atoms with E-state index < -0.39 is 0 Å². The second-order valence-electron chi connectivity index (χ2n) is 4.04. The quantitative estimate of drug-likeness (QED) is 0.681. The minimum Gasteiger partial charge on any atom is -0.375 e. The molecule has 12 heavy (non-hydrogen) atoms. The molecule has 3 atom stereocenters. The van der Waals surface area contributed by atoms with E-state index in [1.165, 1.54) is 19.3 Å². The fourth-order valence-electron chi connectivity index (χ4n) is 2.31. The molecule has 1 aliphatic heterocycles. The Morgan fingerprint density at radius 1 is 1.50 bits per heavy atom. The number of hydrogen-bond acceptors (Lipinski definition) is 1. The van der Waals surface area contributed by atoms with Gasteiger partial charge in [0.25, 0.3) is 0 Å². The van der Waals surface area contributed by atoms with Gasteiger partial charge in [0.2, 0.25) is 0 Å². The summed E-state index contributed by atoms with van der Waals surface area (Å²) in [6.07, 6.45) is 4.62. The van der Waals surface area contributed by atoms with E-state index in [0.29, 0.717) is 17.6 Å². The summed E-state index contributed by atoms with van der Waals surface area (Å²) in [7, 11) is 0. The smallest absolute Gasteiger partial charge is 0.0615 e. The maximum atomic E-state index is 5.79. The summed E-state index contributed by atoms with van der Waals surface area (Å²) in [6.45, 7) is 6.64. The largest absolute Gasteiger partial charge is 0.375 e. The molecule has 1 rings (SSSR count). The van der Waals surface area contributed by atoms with Crippen LogP contribution in [-0.2, 0) is 4.74 Å². The van der Waals surface area contributed by atoms with Gasteiger partial charge >= 0.3 is 0 Å². The fourth-order valence-corrected chi connectivity index (χ4v) is 3.28. The van der Waals surface area contributed by atoms with Crippen molar-refractivity contribution in [3.63, 3.8) is 0 Å². The van der Waals surface area contributed by atoms with Crippen LogP contribution in [0.25, 0.3) is 0 Å². The van der Waals surface area contributed by atoms with E-state index in [1.54, 1.807) is 0 Å². The minimum atomic E-state index is 0.411. The van der Waals surface area contributed by atoms with Gasteiger partial charge in [0.1, 0.15) is 0 Å². The van der Waals surface area contributed by atoms with Crippen molar-refractivity contribution in [2.45, 2.75) is 52.2 Å². The van der Waals surface area contributed by atoms with Gasteiger partial charge in [-0.1, -0.05) is 29.3 Å². The molecule has 0 aromatic rings. The third kappa shape index (κ3) is 1.85. The van der Waals surface area contributed by atoms with Crippen molar-refractivity contribution in [3.8, 4) is 0 Å². The van der Waals surface area contributed by atoms with E-state index in [9.17, 15) is 0 Å². The molecule has 0 amide bonds. The Bertz CT molecular complexity index is 149. The van der Waals surface area contributed by atoms with Crippen LogP contribution in [0.1, 0.15) is 40.0 Å². The molecule has 3 unspecified atom stereocenters. The van der Waals surface area contributed by atoms with E-state index in [-0.39, 0.29) is 0 Å². The number of alkyl halides is 1. The third-order valence-electron chi connectivity index (χ3n) is 3.01. The van der Waals surface area contributed by atoms with E-state index in [0.717, 1.165) is 5.33 Å². The topological polar surface area (TPSA) is 9.23 Å². The van der Waals surface area contributed by atoms with Crippen molar-refractivity contribution in [1.29, 1.82) is 0 Å². The van der Waals surface area contributed by atoms with Crippen LogP contribution in [0.5, 0.6) is 0 Å². The van der Waals surface area contributed by atoms with Crippen molar-refractivity contribution >= 4 is 15.9 Å². The van der Waals surface area contributed by atoms with Gasteiger partial charge in [0, 0.05) is 10.7 Å². The minimum absolute atomic E-state index is 0.411. The second kappa shape index (κ2) is 4.10. The zero-order valence-corrected chi connectivity index (χ0v) is 9.86. The first-order chi connectivity index (χ1) is 5.64. The summed E-state index contributed by atoms with van der Waals surface area (Å²) in [6, 6.07) is 0. The van der Waals surface area contributed by atoms with Gasteiger partial charge in [0.15, 0.2) is 0 Å². The number of halogens is 1. The van der Waals surface area contributed by atoms with Gasteiger partial charge in [0.05, 0.1) is 12.2 Å². The summed E-state index contributed by atoms with van der Waals surface area (Å²) >= 11 is 3.62. The lowest BCUT2D eigenvalue weighted by atomic mass is 9.79. The molecule has 2 heteroatoms. The maximum Gasteiger partial charge on any atom is 0.0615 e. The van der Waals surface area contributed by atoms with Gasteiger partial charge in [-0.2, -0.15) is 0 Å². The highest BCUT2D eigenvalue weighted by molar-refractivity contribution is 9.09. The SMILES string of the molecule is CCCC1(CBr)CC(C)OC1C. The van der Waals surface area contributed by atoms with Gasteiger partial charge in [-0.3, -0.25) is 0 Å². The molecule has 1 nitrogen and oxygen atoms in total. The number of ether oxygens (including phenoxy) is 1. The number of hydrogen-bond donors (Lipinski definition) is 0. The normalized spacial score (nSPS) is 42.0. The Hall–Kier alpha value is 0.440. The average Bonchev–Trinajstić information content (AvgIpc) is 2.28. The van der Waals surface area contributed by atoms with Crippen molar-refractivity contribution in [2.75, 3.05) is 5.33 Å². The fraction of sp³-hybridized carbons (Fsp3) is 1.00. The second-order valence-corrected chi connectivity index (χ2v) is 4.60. The summed E-state index contributed by atoms with van der Waals surface area (Å²) in [5.74, 6) is 0. The van der Waals surface area contributed by atoms with Crippen LogP contribution in [0.2, 0.25) is 0 Å². The zero-order valence-electron chi connectivity index (χ0n) is 8.27. The van der Waals surface area contributed by atoms with Crippen molar-refractivity contribution in [1.82, 2.24) is 0 Å². The highest BCUT2D eigenvalue weighted by Crippen LogP contribution is 2.43. The van der Waals surface area contributed by atoms with Crippen LogP contribution < -0.4 is 0 Å².